The van der Waals surface area contributed by atoms with Gasteiger partial charge in [0.05, 0.1) is 0 Å². The van der Waals surface area contributed by atoms with E-state index in [4.69, 9.17) is 11.5 Å². The summed E-state index contributed by atoms with van der Waals surface area (Å²) in [5, 5.41) is 2.55. The third-order valence-corrected chi connectivity index (χ3v) is 1.83. The first-order valence-corrected chi connectivity index (χ1v) is 4.00. The number of rotatable bonds is 2. The van der Waals surface area contributed by atoms with Gasteiger partial charge in [-0.2, -0.15) is 0 Å². The van der Waals surface area contributed by atoms with Crippen LogP contribution in [0, 0.1) is 6.92 Å². The molecule has 5 N–H and O–H groups in total. The fraction of sp³-hybridized carbons (Fsp3) is 0.222. The molecule has 0 radical (unpaired) electrons. The Hall–Kier alpha value is -1.55. The van der Waals surface area contributed by atoms with Gasteiger partial charge < -0.3 is 16.8 Å². The minimum absolute atomic E-state index is 0.386. The van der Waals surface area contributed by atoms with Crippen molar-refractivity contribution in [2.45, 2.75) is 13.5 Å². The summed E-state index contributed by atoms with van der Waals surface area (Å²) < 4.78 is 0. The van der Waals surface area contributed by atoms with E-state index in [2.05, 4.69) is 5.32 Å². The highest BCUT2D eigenvalue weighted by Gasteiger charge is 2.04. The van der Waals surface area contributed by atoms with Gasteiger partial charge >= 0.3 is 6.03 Å². The molecule has 4 heteroatoms. The molecule has 0 saturated heterocycles. The summed E-state index contributed by atoms with van der Waals surface area (Å²) in [6.45, 7) is 2.28. The number of aryl methyl sites for hydroxylation is 1. The molecule has 0 fully saturated rings. The summed E-state index contributed by atoms with van der Waals surface area (Å²) in [6.07, 6.45) is 0. The number of carbonyl (C=O) groups excluding carboxylic acids is 1. The molecule has 0 atom stereocenters. The molecule has 1 rings (SSSR count). The molecular formula is C9H13N3O. The lowest BCUT2D eigenvalue weighted by atomic mass is 10.1. The van der Waals surface area contributed by atoms with Crippen molar-refractivity contribution in [3.8, 4) is 0 Å². The second kappa shape index (κ2) is 3.91. The topological polar surface area (TPSA) is 81.1 Å². The van der Waals surface area contributed by atoms with Crippen LogP contribution in [0.15, 0.2) is 18.2 Å². The molecule has 1 aromatic rings. The number of benzene rings is 1. The van der Waals surface area contributed by atoms with Crippen LogP contribution in [0.3, 0.4) is 0 Å². The van der Waals surface area contributed by atoms with Gasteiger partial charge in [0.2, 0.25) is 0 Å². The third-order valence-electron chi connectivity index (χ3n) is 1.83. The van der Waals surface area contributed by atoms with Gasteiger partial charge in [-0.3, -0.25) is 0 Å². The number of carbonyl (C=O) groups is 1. The molecule has 0 spiro atoms. The zero-order valence-corrected chi connectivity index (χ0v) is 7.50. The summed E-state index contributed by atoms with van der Waals surface area (Å²) in [7, 11) is 0. The molecule has 0 saturated carbocycles. The van der Waals surface area contributed by atoms with Gasteiger partial charge in [0.1, 0.15) is 0 Å². The van der Waals surface area contributed by atoms with E-state index in [0.717, 1.165) is 16.8 Å². The van der Waals surface area contributed by atoms with Crippen LogP contribution >= 0.6 is 0 Å². The second-order valence-corrected chi connectivity index (χ2v) is 2.80. The molecule has 0 heterocycles. The number of hydrogen-bond donors (Lipinski definition) is 3. The monoisotopic (exact) mass is 179 g/mol. The average molecular weight is 179 g/mol. The maximum Gasteiger partial charge on any atom is 0.316 e. The van der Waals surface area contributed by atoms with Crippen LogP contribution in [0.2, 0.25) is 0 Å². The molecule has 13 heavy (non-hydrogen) atoms. The normalized spacial score (nSPS) is 9.69. The van der Waals surface area contributed by atoms with E-state index in [1.807, 2.05) is 25.1 Å². The maximum atomic E-state index is 10.7. The SMILES string of the molecule is Cc1cccc(CN)c1NC(N)=O. The Morgan fingerprint density at radius 2 is 2.23 bits per heavy atom. The lowest BCUT2D eigenvalue weighted by molar-refractivity contribution is 0.259. The minimum atomic E-state index is -0.566. The largest absolute Gasteiger partial charge is 0.351 e. The zero-order valence-electron chi connectivity index (χ0n) is 7.50. The van der Waals surface area contributed by atoms with E-state index in [1.54, 1.807) is 0 Å². The van der Waals surface area contributed by atoms with Crippen molar-refractivity contribution in [3.05, 3.63) is 29.3 Å². The molecule has 0 unspecified atom stereocenters. The van der Waals surface area contributed by atoms with Crippen molar-refractivity contribution in [3.63, 3.8) is 0 Å². The number of primary amides is 1. The van der Waals surface area contributed by atoms with E-state index in [9.17, 15) is 4.79 Å². The number of anilines is 1. The smallest absolute Gasteiger partial charge is 0.316 e. The lowest BCUT2D eigenvalue weighted by Crippen LogP contribution is -2.21. The fourth-order valence-electron chi connectivity index (χ4n) is 1.20. The number of urea groups is 1. The van der Waals surface area contributed by atoms with Gasteiger partial charge in [-0.25, -0.2) is 4.79 Å². The van der Waals surface area contributed by atoms with Crippen LogP contribution in [0.1, 0.15) is 11.1 Å². The first kappa shape index (κ1) is 9.54. The van der Waals surface area contributed by atoms with Crippen molar-refractivity contribution < 1.29 is 4.79 Å². The molecule has 1 aromatic carbocycles. The molecule has 0 aliphatic heterocycles. The van der Waals surface area contributed by atoms with Gasteiger partial charge in [-0.15, -0.1) is 0 Å². The first-order valence-electron chi connectivity index (χ1n) is 4.00. The number of nitrogens with one attached hydrogen (secondary N) is 1. The van der Waals surface area contributed by atoms with Crippen LogP contribution in [0.5, 0.6) is 0 Å². The van der Waals surface area contributed by atoms with Crippen LogP contribution in [0.4, 0.5) is 10.5 Å². The molecule has 0 aliphatic carbocycles. The van der Waals surface area contributed by atoms with Crippen LogP contribution < -0.4 is 16.8 Å². The van der Waals surface area contributed by atoms with E-state index in [0.29, 0.717) is 6.54 Å². The number of hydrogen-bond acceptors (Lipinski definition) is 2. The quantitative estimate of drug-likeness (QED) is 0.631. The fourth-order valence-corrected chi connectivity index (χ4v) is 1.20. The van der Waals surface area contributed by atoms with E-state index >= 15 is 0 Å². The minimum Gasteiger partial charge on any atom is -0.351 e. The molecule has 70 valence electrons. The maximum absolute atomic E-state index is 10.7. The second-order valence-electron chi connectivity index (χ2n) is 2.80. The van der Waals surface area contributed by atoms with Crippen molar-refractivity contribution in [2.75, 3.05) is 5.32 Å². The average Bonchev–Trinajstić information content (AvgIpc) is 2.08. The predicted octanol–water partition coefficient (Wildman–Crippen LogP) is 0.944. The summed E-state index contributed by atoms with van der Waals surface area (Å²) in [5.41, 5.74) is 13.1. The lowest BCUT2D eigenvalue weighted by Gasteiger charge is -2.10. The summed E-state index contributed by atoms with van der Waals surface area (Å²) in [4.78, 5) is 10.7. The number of amides is 2. The van der Waals surface area contributed by atoms with Gasteiger partial charge in [-0.1, -0.05) is 18.2 Å². The first-order chi connectivity index (χ1) is 6.15. The zero-order chi connectivity index (χ0) is 9.84. The highest BCUT2D eigenvalue weighted by molar-refractivity contribution is 5.89. The van der Waals surface area contributed by atoms with E-state index in [-0.39, 0.29) is 0 Å². The van der Waals surface area contributed by atoms with E-state index < -0.39 is 6.03 Å². The number of nitrogens with two attached hydrogens (primary N) is 2. The molecule has 0 aliphatic rings. The van der Waals surface area contributed by atoms with Crippen LogP contribution in [-0.2, 0) is 6.54 Å². The van der Waals surface area contributed by atoms with Crippen molar-refractivity contribution in [1.29, 1.82) is 0 Å². The molecular weight excluding hydrogens is 166 g/mol. The molecule has 0 aromatic heterocycles. The molecule has 4 nitrogen and oxygen atoms in total. The van der Waals surface area contributed by atoms with Gasteiger partial charge in [0.25, 0.3) is 0 Å². The molecule has 0 bridgehead atoms. The van der Waals surface area contributed by atoms with Gasteiger partial charge in [-0.05, 0) is 18.1 Å². The highest BCUT2D eigenvalue weighted by Crippen LogP contribution is 2.19. The summed E-state index contributed by atoms with van der Waals surface area (Å²) >= 11 is 0. The highest BCUT2D eigenvalue weighted by atomic mass is 16.2. The van der Waals surface area contributed by atoms with Gasteiger partial charge in [0.15, 0.2) is 0 Å². The molecule has 2 amide bonds. The number of para-hydroxylation sites is 1. The Balaban J connectivity index is 3.07. The summed E-state index contributed by atoms with van der Waals surface area (Å²) in [6, 6.07) is 5.08. The Labute approximate surface area is 76.9 Å². The Kier molecular flexibility index (Phi) is 2.87. The van der Waals surface area contributed by atoms with Gasteiger partial charge in [0, 0.05) is 12.2 Å². The van der Waals surface area contributed by atoms with E-state index in [1.165, 1.54) is 0 Å². The Morgan fingerprint density at radius 1 is 1.54 bits per heavy atom. The third kappa shape index (κ3) is 2.19. The van der Waals surface area contributed by atoms with Crippen LogP contribution in [-0.4, -0.2) is 6.03 Å². The van der Waals surface area contributed by atoms with Crippen molar-refractivity contribution in [2.24, 2.45) is 11.5 Å². The predicted molar refractivity (Wildman–Crippen MR) is 52.3 cm³/mol. The van der Waals surface area contributed by atoms with Crippen LogP contribution in [0.25, 0.3) is 0 Å². The van der Waals surface area contributed by atoms with Crippen molar-refractivity contribution >= 4 is 11.7 Å². The van der Waals surface area contributed by atoms with Crippen molar-refractivity contribution in [1.82, 2.24) is 0 Å². The Bertz CT molecular complexity index is 323. The standard InChI is InChI=1S/C9H13N3O/c1-6-3-2-4-7(5-10)8(6)12-9(11)13/h2-4H,5,10H2,1H3,(H3,11,12,13). The summed E-state index contributed by atoms with van der Waals surface area (Å²) in [5.74, 6) is 0. The Morgan fingerprint density at radius 3 is 2.77 bits per heavy atom.